The number of benzene rings is 3. The SMILES string of the molecule is COc1cc2c(=O)n(-c3ccc(F)cc3)c(SCc3ccc(F)c(F)c3)nc2c(OC)c1OC. The first kappa shape index (κ1) is 23.5. The topological polar surface area (TPSA) is 62.6 Å². The Labute approximate surface area is 196 Å². The summed E-state index contributed by atoms with van der Waals surface area (Å²) in [6.45, 7) is 0. The van der Waals surface area contributed by atoms with Crippen molar-refractivity contribution in [1.82, 2.24) is 9.55 Å². The summed E-state index contributed by atoms with van der Waals surface area (Å²) in [7, 11) is 4.28. The number of hydrogen-bond donors (Lipinski definition) is 0. The normalized spacial score (nSPS) is 11.0. The maximum atomic E-state index is 13.7. The largest absolute Gasteiger partial charge is 0.493 e. The standard InChI is InChI=1S/C24H19F3N2O4S/c1-31-19-11-16-20(22(33-3)21(19)32-2)28-24(34-12-13-4-9-17(26)18(27)10-13)29(23(16)30)15-7-5-14(25)6-8-15/h4-11H,12H2,1-3H3. The van der Waals surface area contributed by atoms with E-state index in [0.717, 1.165) is 23.9 Å². The molecule has 0 saturated heterocycles. The Morgan fingerprint density at radius 1 is 0.882 bits per heavy atom. The van der Waals surface area contributed by atoms with Crippen LogP contribution in [-0.4, -0.2) is 30.9 Å². The summed E-state index contributed by atoms with van der Waals surface area (Å²) in [6.07, 6.45) is 0. The summed E-state index contributed by atoms with van der Waals surface area (Å²) >= 11 is 1.13. The second kappa shape index (κ2) is 9.68. The van der Waals surface area contributed by atoms with Gasteiger partial charge in [0.1, 0.15) is 11.3 Å². The first-order valence-electron chi connectivity index (χ1n) is 9.96. The Hall–Kier alpha value is -3.66. The highest BCUT2D eigenvalue weighted by atomic mass is 32.2. The van der Waals surface area contributed by atoms with E-state index < -0.39 is 23.0 Å². The Morgan fingerprint density at radius 2 is 1.59 bits per heavy atom. The van der Waals surface area contributed by atoms with Gasteiger partial charge in [-0.1, -0.05) is 17.8 Å². The number of fused-ring (bicyclic) bond motifs is 1. The molecule has 0 bridgehead atoms. The molecule has 0 N–H and O–H groups in total. The van der Waals surface area contributed by atoms with E-state index in [-0.39, 0.29) is 39.1 Å². The quantitative estimate of drug-likeness (QED) is 0.266. The first-order valence-corrected chi connectivity index (χ1v) is 10.9. The van der Waals surface area contributed by atoms with Crippen molar-refractivity contribution in [2.24, 2.45) is 0 Å². The van der Waals surface area contributed by atoms with Crippen molar-refractivity contribution in [3.8, 4) is 22.9 Å². The van der Waals surface area contributed by atoms with Gasteiger partial charge in [-0.05, 0) is 48.0 Å². The van der Waals surface area contributed by atoms with Crippen molar-refractivity contribution < 1.29 is 27.4 Å². The predicted octanol–water partition coefficient (Wildman–Crippen LogP) is 5.12. The summed E-state index contributed by atoms with van der Waals surface area (Å²) < 4.78 is 58.1. The van der Waals surface area contributed by atoms with Crippen molar-refractivity contribution in [2.75, 3.05) is 21.3 Å². The Bertz CT molecular complexity index is 1430. The smallest absolute Gasteiger partial charge is 0.266 e. The van der Waals surface area contributed by atoms with Crippen LogP contribution in [0.25, 0.3) is 16.6 Å². The molecular formula is C24H19F3N2O4S. The Kier molecular flexibility index (Phi) is 6.69. The fourth-order valence-corrected chi connectivity index (χ4v) is 4.41. The molecular weight excluding hydrogens is 469 g/mol. The second-order valence-electron chi connectivity index (χ2n) is 7.09. The van der Waals surface area contributed by atoms with Gasteiger partial charge in [0.25, 0.3) is 5.56 Å². The van der Waals surface area contributed by atoms with Crippen LogP contribution in [0, 0.1) is 17.5 Å². The van der Waals surface area contributed by atoms with Gasteiger partial charge in [-0.3, -0.25) is 9.36 Å². The molecule has 4 aromatic rings. The molecule has 0 aliphatic heterocycles. The monoisotopic (exact) mass is 488 g/mol. The molecule has 10 heteroatoms. The molecule has 176 valence electrons. The molecule has 0 aliphatic rings. The average molecular weight is 488 g/mol. The van der Waals surface area contributed by atoms with E-state index in [1.165, 1.54) is 62.3 Å². The van der Waals surface area contributed by atoms with Crippen LogP contribution in [0.3, 0.4) is 0 Å². The zero-order valence-corrected chi connectivity index (χ0v) is 19.2. The van der Waals surface area contributed by atoms with Gasteiger partial charge >= 0.3 is 0 Å². The van der Waals surface area contributed by atoms with Crippen molar-refractivity contribution in [3.05, 3.63) is 81.9 Å². The van der Waals surface area contributed by atoms with Crippen LogP contribution < -0.4 is 19.8 Å². The number of nitrogens with zero attached hydrogens (tertiary/aromatic N) is 2. The van der Waals surface area contributed by atoms with Gasteiger partial charge in [0, 0.05) is 5.75 Å². The highest BCUT2D eigenvalue weighted by molar-refractivity contribution is 7.98. The van der Waals surface area contributed by atoms with E-state index in [2.05, 4.69) is 4.98 Å². The lowest BCUT2D eigenvalue weighted by molar-refractivity contribution is 0.326. The minimum absolute atomic E-state index is 0.186. The number of aromatic nitrogens is 2. The highest BCUT2D eigenvalue weighted by Crippen LogP contribution is 2.42. The van der Waals surface area contributed by atoms with Crippen LogP contribution in [0.15, 0.2) is 58.5 Å². The number of methoxy groups -OCH3 is 3. The van der Waals surface area contributed by atoms with Gasteiger partial charge in [0.2, 0.25) is 5.75 Å². The fourth-order valence-electron chi connectivity index (χ4n) is 3.46. The van der Waals surface area contributed by atoms with Crippen molar-refractivity contribution in [3.63, 3.8) is 0 Å². The van der Waals surface area contributed by atoms with E-state index in [1.54, 1.807) is 0 Å². The maximum absolute atomic E-state index is 13.7. The molecule has 0 saturated carbocycles. The van der Waals surface area contributed by atoms with Gasteiger partial charge in [-0.15, -0.1) is 0 Å². The third kappa shape index (κ3) is 4.28. The summed E-state index contributed by atoms with van der Waals surface area (Å²) in [5.41, 5.74) is 0.644. The highest BCUT2D eigenvalue weighted by Gasteiger charge is 2.23. The number of rotatable bonds is 7. The van der Waals surface area contributed by atoms with Crippen LogP contribution in [0.5, 0.6) is 17.2 Å². The third-order valence-corrected chi connectivity index (χ3v) is 6.08. The molecule has 0 spiro atoms. The van der Waals surface area contributed by atoms with Gasteiger partial charge in [-0.25, -0.2) is 18.2 Å². The van der Waals surface area contributed by atoms with Crippen LogP contribution in [-0.2, 0) is 5.75 Å². The molecule has 4 rings (SSSR count). The molecule has 6 nitrogen and oxygen atoms in total. The van der Waals surface area contributed by atoms with Crippen molar-refractivity contribution in [1.29, 1.82) is 0 Å². The van der Waals surface area contributed by atoms with Crippen LogP contribution in [0.4, 0.5) is 13.2 Å². The summed E-state index contributed by atoms with van der Waals surface area (Å²) in [6, 6.07) is 10.4. The molecule has 3 aromatic carbocycles. The zero-order valence-electron chi connectivity index (χ0n) is 18.4. The summed E-state index contributed by atoms with van der Waals surface area (Å²) in [5.74, 6) is -1.46. The van der Waals surface area contributed by atoms with Gasteiger partial charge in [-0.2, -0.15) is 0 Å². The Morgan fingerprint density at radius 3 is 2.21 bits per heavy atom. The number of ether oxygens (including phenoxy) is 3. The molecule has 0 amide bonds. The van der Waals surface area contributed by atoms with E-state index in [0.29, 0.717) is 11.3 Å². The molecule has 0 atom stereocenters. The lowest BCUT2D eigenvalue weighted by Gasteiger charge is -2.17. The first-order chi connectivity index (χ1) is 16.4. The number of halogens is 3. The third-order valence-electron chi connectivity index (χ3n) is 5.07. The summed E-state index contributed by atoms with van der Waals surface area (Å²) in [5, 5.41) is 0.426. The molecule has 0 radical (unpaired) electrons. The predicted molar refractivity (Wildman–Crippen MR) is 123 cm³/mol. The Balaban J connectivity index is 1.95. The number of thioether (sulfide) groups is 1. The molecule has 1 aromatic heterocycles. The van der Waals surface area contributed by atoms with Crippen LogP contribution in [0.2, 0.25) is 0 Å². The van der Waals surface area contributed by atoms with Gasteiger partial charge in [0.05, 0.1) is 32.4 Å². The van der Waals surface area contributed by atoms with Gasteiger partial charge < -0.3 is 14.2 Å². The van der Waals surface area contributed by atoms with Crippen molar-refractivity contribution >= 4 is 22.7 Å². The van der Waals surface area contributed by atoms with Crippen molar-refractivity contribution in [2.45, 2.75) is 10.9 Å². The molecule has 1 heterocycles. The van der Waals surface area contributed by atoms with Crippen LogP contribution in [0.1, 0.15) is 5.56 Å². The zero-order chi connectivity index (χ0) is 24.4. The molecule has 0 aliphatic carbocycles. The molecule has 0 unspecified atom stereocenters. The number of hydrogen-bond acceptors (Lipinski definition) is 6. The minimum atomic E-state index is -0.973. The minimum Gasteiger partial charge on any atom is -0.493 e. The summed E-state index contributed by atoms with van der Waals surface area (Å²) in [4.78, 5) is 18.3. The maximum Gasteiger partial charge on any atom is 0.266 e. The second-order valence-corrected chi connectivity index (χ2v) is 8.03. The van der Waals surface area contributed by atoms with Gasteiger partial charge in [0.15, 0.2) is 28.3 Å². The average Bonchev–Trinajstić information content (AvgIpc) is 2.84. The lowest BCUT2D eigenvalue weighted by Crippen LogP contribution is -2.22. The van der Waals surface area contributed by atoms with E-state index >= 15 is 0 Å². The van der Waals surface area contributed by atoms with E-state index in [4.69, 9.17) is 14.2 Å². The van der Waals surface area contributed by atoms with E-state index in [9.17, 15) is 18.0 Å². The molecule has 34 heavy (non-hydrogen) atoms. The van der Waals surface area contributed by atoms with E-state index in [1.807, 2.05) is 0 Å². The molecule has 0 fully saturated rings. The van der Waals surface area contributed by atoms with Crippen LogP contribution >= 0.6 is 11.8 Å². The lowest BCUT2D eigenvalue weighted by atomic mass is 10.2. The fraction of sp³-hybridized carbons (Fsp3) is 0.167.